The summed E-state index contributed by atoms with van der Waals surface area (Å²) in [5.41, 5.74) is 3.30. The molecule has 4 rings (SSSR count). The van der Waals surface area contributed by atoms with Crippen molar-refractivity contribution in [2.75, 3.05) is 6.54 Å². The maximum absolute atomic E-state index is 12.5. The van der Waals surface area contributed by atoms with Gasteiger partial charge in [0.15, 0.2) is 0 Å². The van der Waals surface area contributed by atoms with Crippen molar-refractivity contribution in [1.29, 1.82) is 0 Å². The summed E-state index contributed by atoms with van der Waals surface area (Å²) >= 11 is 0. The van der Waals surface area contributed by atoms with E-state index in [0.717, 1.165) is 16.9 Å². The molecule has 1 N–H and O–H groups in total. The number of aromatic nitrogens is 4. The molecule has 8 nitrogen and oxygen atoms in total. The van der Waals surface area contributed by atoms with Gasteiger partial charge in [0.25, 0.3) is 5.91 Å². The Bertz CT molecular complexity index is 1000. The number of carbonyl (C=O) groups is 2. The van der Waals surface area contributed by atoms with Crippen LogP contribution in [0.2, 0.25) is 0 Å². The molecule has 28 heavy (non-hydrogen) atoms. The van der Waals surface area contributed by atoms with Gasteiger partial charge in [-0.25, -0.2) is 4.68 Å². The van der Waals surface area contributed by atoms with Crippen LogP contribution in [0, 0.1) is 0 Å². The van der Waals surface area contributed by atoms with Gasteiger partial charge in [-0.05, 0) is 36.4 Å². The quantitative estimate of drug-likeness (QED) is 0.685. The summed E-state index contributed by atoms with van der Waals surface area (Å²) in [5.74, 6) is -0.262. The molecule has 0 spiro atoms. The molecule has 3 heterocycles. The first kappa shape index (κ1) is 17.7. The molecular weight excluding hydrogens is 356 g/mol. The normalized spacial score (nSPS) is 13.1. The molecular formula is C20H20N6O2. The molecule has 2 aromatic heterocycles. The van der Waals surface area contributed by atoms with Crippen LogP contribution < -0.4 is 5.32 Å². The SMILES string of the molecule is C=CC(=O)N1CCn2ncc(CNC(=O)c3ccc(-n4cccn4)cc3)c2C1. The van der Waals surface area contributed by atoms with Crippen molar-refractivity contribution in [1.82, 2.24) is 29.8 Å². The molecule has 1 aliphatic rings. The van der Waals surface area contributed by atoms with Crippen LogP contribution >= 0.6 is 0 Å². The number of nitrogens with one attached hydrogen (secondary N) is 1. The summed E-state index contributed by atoms with van der Waals surface area (Å²) in [7, 11) is 0. The zero-order valence-electron chi connectivity index (χ0n) is 15.3. The maximum Gasteiger partial charge on any atom is 0.251 e. The third-order valence-electron chi connectivity index (χ3n) is 4.78. The highest BCUT2D eigenvalue weighted by Gasteiger charge is 2.22. The van der Waals surface area contributed by atoms with E-state index in [9.17, 15) is 9.59 Å². The summed E-state index contributed by atoms with van der Waals surface area (Å²) < 4.78 is 3.62. The molecule has 1 aliphatic heterocycles. The minimum Gasteiger partial charge on any atom is -0.348 e. The molecule has 142 valence electrons. The number of nitrogens with zero attached hydrogens (tertiary/aromatic N) is 5. The second-order valence-corrected chi connectivity index (χ2v) is 6.48. The smallest absolute Gasteiger partial charge is 0.251 e. The Labute approximate surface area is 162 Å². The van der Waals surface area contributed by atoms with Gasteiger partial charge in [-0.15, -0.1) is 0 Å². The second-order valence-electron chi connectivity index (χ2n) is 6.48. The summed E-state index contributed by atoms with van der Waals surface area (Å²) in [6.07, 6.45) is 6.62. The fraction of sp³-hybridized carbons (Fsp3) is 0.200. The standard InChI is InChI=1S/C20H20N6O2/c1-2-19(27)24-10-11-26-18(14-24)16(13-23-26)12-21-20(28)15-4-6-17(7-5-15)25-9-3-8-22-25/h2-9,13H,1,10-12,14H2,(H,21,28). The Morgan fingerprint density at radius 2 is 2.00 bits per heavy atom. The second kappa shape index (κ2) is 7.51. The van der Waals surface area contributed by atoms with Crippen LogP contribution in [0.25, 0.3) is 5.69 Å². The highest BCUT2D eigenvalue weighted by atomic mass is 16.2. The fourth-order valence-electron chi connectivity index (χ4n) is 3.23. The number of fused-ring (bicyclic) bond motifs is 1. The lowest BCUT2D eigenvalue weighted by Gasteiger charge is -2.27. The Morgan fingerprint density at radius 1 is 1.18 bits per heavy atom. The van der Waals surface area contributed by atoms with Crippen molar-refractivity contribution in [3.63, 3.8) is 0 Å². The number of carbonyl (C=O) groups excluding carboxylic acids is 2. The predicted octanol–water partition coefficient (Wildman–Crippen LogP) is 1.53. The highest BCUT2D eigenvalue weighted by Crippen LogP contribution is 2.17. The number of benzene rings is 1. The summed E-state index contributed by atoms with van der Waals surface area (Å²) in [6, 6.07) is 9.08. The third kappa shape index (κ3) is 3.44. The van der Waals surface area contributed by atoms with E-state index in [1.807, 2.05) is 29.1 Å². The molecule has 1 aromatic carbocycles. The monoisotopic (exact) mass is 376 g/mol. The van der Waals surface area contributed by atoms with E-state index in [1.165, 1.54) is 6.08 Å². The third-order valence-corrected chi connectivity index (χ3v) is 4.78. The Balaban J connectivity index is 1.41. The highest BCUT2D eigenvalue weighted by molar-refractivity contribution is 5.94. The van der Waals surface area contributed by atoms with Crippen LogP contribution in [-0.4, -0.2) is 42.8 Å². The van der Waals surface area contributed by atoms with Crippen LogP contribution in [-0.2, 0) is 24.4 Å². The molecule has 0 saturated heterocycles. The molecule has 0 atom stereocenters. The lowest BCUT2D eigenvalue weighted by molar-refractivity contribution is -0.127. The van der Waals surface area contributed by atoms with Gasteiger partial charge in [0, 0.05) is 36.6 Å². The van der Waals surface area contributed by atoms with E-state index in [2.05, 4.69) is 22.1 Å². The van der Waals surface area contributed by atoms with E-state index in [0.29, 0.717) is 31.7 Å². The first-order valence-electron chi connectivity index (χ1n) is 8.99. The van der Waals surface area contributed by atoms with Gasteiger partial charge in [0.1, 0.15) is 0 Å². The molecule has 0 radical (unpaired) electrons. The van der Waals surface area contributed by atoms with Gasteiger partial charge in [-0.2, -0.15) is 10.2 Å². The molecule has 0 unspecified atom stereocenters. The van der Waals surface area contributed by atoms with Crippen molar-refractivity contribution in [2.45, 2.75) is 19.6 Å². The molecule has 0 aliphatic carbocycles. The maximum atomic E-state index is 12.5. The lowest BCUT2D eigenvalue weighted by atomic mass is 10.1. The molecule has 3 aromatic rings. The average Bonchev–Trinajstić information content (AvgIpc) is 3.41. The van der Waals surface area contributed by atoms with Crippen LogP contribution in [0.15, 0.2) is 61.6 Å². The average molecular weight is 376 g/mol. The van der Waals surface area contributed by atoms with Crippen molar-refractivity contribution < 1.29 is 9.59 Å². The number of amides is 2. The number of hydrogen-bond donors (Lipinski definition) is 1. The zero-order chi connectivity index (χ0) is 19.5. The zero-order valence-corrected chi connectivity index (χ0v) is 15.3. The van der Waals surface area contributed by atoms with E-state index in [4.69, 9.17) is 0 Å². The van der Waals surface area contributed by atoms with Gasteiger partial charge >= 0.3 is 0 Å². The van der Waals surface area contributed by atoms with E-state index in [-0.39, 0.29) is 11.8 Å². The Kier molecular flexibility index (Phi) is 4.76. The van der Waals surface area contributed by atoms with Gasteiger partial charge < -0.3 is 10.2 Å². The lowest BCUT2D eigenvalue weighted by Crippen LogP contribution is -2.38. The molecule has 0 saturated carbocycles. The van der Waals surface area contributed by atoms with Gasteiger partial charge in [-0.1, -0.05) is 6.58 Å². The summed E-state index contributed by atoms with van der Waals surface area (Å²) in [6.45, 7) is 5.60. The largest absolute Gasteiger partial charge is 0.348 e. The minimum atomic E-state index is -0.165. The number of rotatable bonds is 5. The van der Waals surface area contributed by atoms with Crippen LogP contribution in [0.4, 0.5) is 0 Å². The summed E-state index contributed by atoms with van der Waals surface area (Å²) in [4.78, 5) is 26.1. The van der Waals surface area contributed by atoms with Crippen molar-refractivity contribution in [3.8, 4) is 5.69 Å². The Morgan fingerprint density at radius 3 is 2.71 bits per heavy atom. The van der Waals surface area contributed by atoms with Crippen molar-refractivity contribution in [3.05, 3.63) is 78.4 Å². The van der Waals surface area contributed by atoms with Gasteiger partial charge in [0.2, 0.25) is 5.91 Å². The molecule has 2 amide bonds. The van der Waals surface area contributed by atoms with Crippen LogP contribution in [0.5, 0.6) is 0 Å². The van der Waals surface area contributed by atoms with Gasteiger partial charge in [0.05, 0.1) is 30.7 Å². The van der Waals surface area contributed by atoms with E-state index in [1.54, 1.807) is 34.1 Å². The minimum absolute atomic E-state index is 0.0975. The van der Waals surface area contributed by atoms with Crippen molar-refractivity contribution in [2.24, 2.45) is 0 Å². The molecule has 8 heteroatoms. The topological polar surface area (TPSA) is 85.0 Å². The first-order chi connectivity index (χ1) is 13.7. The van der Waals surface area contributed by atoms with Crippen LogP contribution in [0.1, 0.15) is 21.6 Å². The van der Waals surface area contributed by atoms with E-state index < -0.39 is 0 Å². The molecule has 0 bridgehead atoms. The van der Waals surface area contributed by atoms with Gasteiger partial charge in [-0.3, -0.25) is 14.3 Å². The fourth-order valence-corrected chi connectivity index (χ4v) is 3.23. The van der Waals surface area contributed by atoms with E-state index >= 15 is 0 Å². The molecule has 0 fully saturated rings. The first-order valence-corrected chi connectivity index (χ1v) is 8.99. The predicted molar refractivity (Wildman–Crippen MR) is 103 cm³/mol. The number of hydrogen-bond acceptors (Lipinski definition) is 4. The van der Waals surface area contributed by atoms with Crippen molar-refractivity contribution >= 4 is 11.8 Å². The Hall–Kier alpha value is -3.68. The van der Waals surface area contributed by atoms with Crippen LogP contribution in [0.3, 0.4) is 0 Å². The summed E-state index contributed by atoms with van der Waals surface area (Å²) in [5, 5.41) is 11.5.